The monoisotopic (exact) mass is 258 g/mol. The number of nitrogens with zero attached hydrogens (tertiary/aromatic N) is 1. The second-order valence-corrected chi connectivity index (χ2v) is 4.87. The second kappa shape index (κ2) is 6.12. The van der Waals surface area contributed by atoms with Crippen LogP contribution in [0.25, 0.3) is 0 Å². The molecular weight excluding hydrogens is 244 g/mol. The van der Waals surface area contributed by atoms with Crippen LogP contribution in [0.2, 0.25) is 0 Å². The van der Waals surface area contributed by atoms with E-state index in [4.69, 9.17) is 0 Å². The molecule has 0 aliphatic heterocycles. The van der Waals surface area contributed by atoms with Crippen LogP contribution in [0.5, 0.6) is 0 Å². The molecule has 4 heteroatoms. The molecule has 0 aliphatic carbocycles. The summed E-state index contributed by atoms with van der Waals surface area (Å²) in [5.74, 6) is -0.105. The minimum atomic E-state index is -0.105. The molecule has 0 unspecified atom stereocenters. The minimum absolute atomic E-state index is 0.105. The van der Waals surface area contributed by atoms with Gasteiger partial charge in [-0.25, -0.2) is 5.43 Å². The Kier molecular flexibility index (Phi) is 4.25. The lowest BCUT2D eigenvalue weighted by Crippen LogP contribution is -2.19. The molecule has 0 radical (unpaired) electrons. The lowest BCUT2D eigenvalue weighted by Gasteiger charge is -1.99. The zero-order valence-corrected chi connectivity index (χ0v) is 10.9. The van der Waals surface area contributed by atoms with Crippen molar-refractivity contribution in [2.75, 3.05) is 0 Å². The summed E-state index contributed by atoms with van der Waals surface area (Å²) >= 11 is 1.60. The Morgan fingerprint density at radius 1 is 1.33 bits per heavy atom. The Balaban J connectivity index is 1.86. The Labute approximate surface area is 110 Å². The first kappa shape index (κ1) is 12.5. The number of nitrogens with one attached hydrogen (secondary N) is 1. The highest BCUT2D eigenvalue weighted by atomic mass is 32.1. The molecular formula is C14H14N2OS. The standard InChI is InChI=1S/C14H14N2OS/c1-11-7-8-18-13(11)10-15-16-14(17)9-12-5-3-2-4-6-12/h2-8,10H,9H2,1H3,(H,16,17)/b15-10+. The summed E-state index contributed by atoms with van der Waals surface area (Å²) in [6.45, 7) is 2.02. The van der Waals surface area contributed by atoms with E-state index in [9.17, 15) is 4.79 Å². The number of carbonyl (C=O) groups excluding carboxylic acids is 1. The molecule has 3 nitrogen and oxygen atoms in total. The van der Waals surface area contributed by atoms with Gasteiger partial charge in [0.05, 0.1) is 12.6 Å². The van der Waals surface area contributed by atoms with E-state index in [0.717, 1.165) is 10.4 Å². The van der Waals surface area contributed by atoms with Gasteiger partial charge in [-0.1, -0.05) is 30.3 Å². The summed E-state index contributed by atoms with van der Waals surface area (Å²) in [5.41, 5.74) is 4.69. The van der Waals surface area contributed by atoms with E-state index >= 15 is 0 Å². The Bertz CT molecular complexity index is 546. The summed E-state index contributed by atoms with van der Waals surface area (Å²) in [4.78, 5) is 12.7. The van der Waals surface area contributed by atoms with Crippen LogP contribution in [-0.2, 0) is 11.2 Å². The number of benzene rings is 1. The van der Waals surface area contributed by atoms with Gasteiger partial charge in [-0.05, 0) is 29.5 Å². The molecule has 0 spiro atoms. The van der Waals surface area contributed by atoms with Gasteiger partial charge in [0.15, 0.2) is 0 Å². The average molecular weight is 258 g/mol. The van der Waals surface area contributed by atoms with Gasteiger partial charge in [0.1, 0.15) is 0 Å². The van der Waals surface area contributed by atoms with Gasteiger partial charge in [-0.3, -0.25) is 4.79 Å². The highest BCUT2D eigenvalue weighted by Crippen LogP contribution is 2.12. The van der Waals surface area contributed by atoms with Crippen molar-refractivity contribution < 1.29 is 4.79 Å². The van der Waals surface area contributed by atoms with E-state index in [1.165, 1.54) is 5.56 Å². The summed E-state index contributed by atoms with van der Waals surface area (Å²) in [6, 6.07) is 11.6. The van der Waals surface area contributed by atoms with E-state index in [0.29, 0.717) is 6.42 Å². The second-order valence-electron chi connectivity index (χ2n) is 3.92. The maximum Gasteiger partial charge on any atom is 0.244 e. The van der Waals surface area contributed by atoms with Gasteiger partial charge in [-0.15, -0.1) is 11.3 Å². The molecule has 1 aromatic heterocycles. The van der Waals surface area contributed by atoms with Gasteiger partial charge in [0.25, 0.3) is 0 Å². The van der Waals surface area contributed by atoms with E-state index in [2.05, 4.69) is 10.5 Å². The smallest absolute Gasteiger partial charge is 0.244 e. The van der Waals surface area contributed by atoms with Crippen molar-refractivity contribution in [3.8, 4) is 0 Å². The van der Waals surface area contributed by atoms with E-state index in [-0.39, 0.29) is 5.91 Å². The fraction of sp³-hybridized carbons (Fsp3) is 0.143. The quantitative estimate of drug-likeness (QED) is 0.665. The molecule has 1 aromatic carbocycles. The number of rotatable bonds is 4. The fourth-order valence-electron chi connectivity index (χ4n) is 1.50. The molecule has 0 aliphatic rings. The van der Waals surface area contributed by atoms with Gasteiger partial charge in [0, 0.05) is 4.88 Å². The highest BCUT2D eigenvalue weighted by Gasteiger charge is 2.01. The van der Waals surface area contributed by atoms with E-state index < -0.39 is 0 Å². The number of thiophene rings is 1. The molecule has 0 fully saturated rings. The van der Waals surface area contributed by atoms with Crippen molar-refractivity contribution in [1.82, 2.24) is 5.43 Å². The molecule has 0 atom stereocenters. The van der Waals surface area contributed by atoms with Crippen molar-refractivity contribution in [1.29, 1.82) is 0 Å². The number of carbonyl (C=O) groups is 1. The Hall–Kier alpha value is -1.94. The third kappa shape index (κ3) is 3.53. The largest absolute Gasteiger partial charge is 0.273 e. The fourth-order valence-corrected chi connectivity index (χ4v) is 2.29. The molecule has 2 aromatic rings. The van der Waals surface area contributed by atoms with Crippen LogP contribution in [0.15, 0.2) is 46.9 Å². The lowest BCUT2D eigenvalue weighted by molar-refractivity contribution is -0.120. The minimum Gasteiger partial charge on any atom is -0.273 e. The van der Waals surface area contributed by atoms with E-state index in [1.807, 2.05) is 48.7 Å². The number of hydrogen-bond donors (Lipinski definition) is 1. The molecule has 18 heavy (non-hydrogen) atoms. The van der Waals surface area contributed by atoms with Crippen molar-refractivity contribution in [2.45, 2.75) is 13.3 Å². The normalized spacial score (nSPS) is 10.7. The first-order chi connectivity index (χ1) is 8.75. The van der Waals surface area contributed by atoms with Crippen molar-refractivity contribution in [3.63, 3.8) is 0 Å². The van der Waals surface area contributed by atoms with Crippen LogP contribution in [-0.4, -0.2) is 12.1 Å². The predicted octanol–water partition coefficient (Wildman–Crippen LogP) is 2.75. The first-order valence-electron chi connectivity index (χ1n) is 5.65. The number of amides is 1. The molecule has 0 bridgehead atoms. The Morgan fingerprint density at radius 3 is 2.78 bits per heavy atom. The molecule has 1 N–H and O–H groups in total. The van der Waals surface area contributed by atoms with Gasteiger partial charge < -0.3 is 0 Å². The van der Waals surface area contributed by atoms with E-state index in [1.54, 1.807) is 17.6 Å². The summed E-state index contributed by atoms with van der Waals surface area (Å²) in [7, 11) is 0. The third-order valence-corrected chi connectivity index (χ3v) is 3.43. The highest BCUT2D eigenvalue weighted by molar-refractivity contribution is 7.11. The van der Waals surface area contributed by atoms with Crippen molar-refractivity contribution in [2.24, 2.45) is 5.10 Å². The maximum absolute atomic E-state index is 11.6. The third-order valence-electron chi connectivity index (χ3n) is 2.48. The van der Waals surface area contributed by atoms with Gasteiger partial charge >= 0.3 is 0 Å². The molecule has 2 rings (SSSR count). The molecule has 1 amide bonds. The molecule has 0 saturated heterocycles. The summed E-state index contributed by atoms with van der Waals surface area (Å²) in [5, 5.41) is 5.96. The Morgan fingerprint density at radius 2 is 2.11 bits per heavy atom. The van der Waals surface area contributed by atoms with Gasteiger partial charge in [-0.2, -0.15) is 5.10 Å². The maximum atomic E-state index is 11.6. The van der Waals surface area contributed by atoms with Crippen LogP contribution in [0.4, 0.5) is 0 Å². The van der Waals surface area contributed by atoms with Crippen LogP contribution in [0.3, 0.4) is 0 Å². The van der Waals surface area contributed by atoms with Crippen LogP contribution in [0, 0.1) is 6.92 Å². The summed E-state index contributed by atoms with van der Waals surface area (Å²) in [6.07, 6.45) is 2.03. The predicted molar refractivity (Wildman–Crippen MR) is 74.9 cm³/mol. The summed E-state index contributed by atoms with van der Waals surface area (Å²) < 4.78 is 0. The number of hydrogen-bond acceptors (Lipinski definition) is 3. The first-order valence-corrected chi connectivity index (χ1v) is 6.53. The van der Waals surface area contributed by atoms with Crippen molar-refractivity contribution >= 4 is 23.5 Å². The van der Waals surface area contributed by atoms with Crippen LogP contribution in [0.1, 0.15) is 16.0 Å². The van der Waals surface area contributed by atoms with Crippen LogP contribution < -0.4 is 5.43 Å². The number of aryl methyl sites for hydroxylation is 1. The van der Waals surface area contributed by atoms with Crippen molar-refractivity contribution in [3.05, 3.63) is 57.8 Å². The molecule has 92 valence electrons. The zero-order valence-electron chi connectivity index (χ0n) is 10.1. The average Bonchev–Trinajstić information content (AvgIpc) is 2.76. The lowest BCUT2D eigenvalue weighted by atomic mass is 10.1. The van der Waals surface area contributed by atoms with Crippen LogP contribution >= 0.6 is 11.3 Å². The SMILES string of the molecule is Cc1ccsc1/C=N/NC(=O)Cc1ccccc1. The molecule has 1 heterocycles. The number of hydrazone groups is 1. The zero-order chi connectivity index (χ0) is 12.8. The van der Waals surface area contributed by atoms with Gasteiger partial charge in [0.2, 0.25) is 5.91 Å². The topological polar surface area (TPSA) is 41.5 Å². The molecule has 0 saturated carbocycles.